The second-order valence-electron chi connectivity index (χ2n) is 7.13. The smallest absolute Gasteiger partial charge is 0.326 e. The van der Waals surface area contributed by atoms with Gasteiger partial charge in [0.25, 0.3) is 0 Å². The van der Waals surface area contributed by atoms with Gasteiger partial charge in [0.2, 0.25) is 5.88 Å². The topological polar surface area (TPSA) is 133 Å². The maximum absolute atomic E-state index is 11.5. The number of aromatic hydroxyl groups is 1. The number of hydrogen-bond acceptors (Lipinski definition) is 7. The van der Waals surface area contributed by atoms with Gasteiger partial charge in [0.1, 0.15) is 11.5 Å². The molecular weight excluding hydrogens is 466 g/mol. The Labute approximate surface area is 183 Å². The van der Waals surface area contributed by atoms with Gasteiger partial charge in [0.15, 0.2) is 16.9 Å². The van der Waals surface area contributed by atoms with Crippen LogP contribution >= 0.6 is 15.9 Å². The molecule has 5 rings (SSSR count). The molecule has 1 aliphatic carbocycles. The highest BCUT2D eigenvalue weighted by molar-refractivity contribution is 9.10. The molecule has 0 radical (unpaired) electrons. The van der Waals surface area contributed by atoms with Crippen LogP contribution < -0.4 is 26.4 Å². The zero-order valence-corrected chi connectivity index (χ0v) is 18.0. The van der Waals surface area contributed by atoms with Crippen LogP contribution in [0.1, 0.15) is 18.5 Å². The number of aromatic nitrogens is 5. The van der Waals surface area contributed by atoms with Crippen LogP contribution in [0.2, 0.25) is 0 Å². The first-order valence-electron chi connectivity index (χ1n) is 9.57. The second kappa shape index (κ2) is 7.58. The van der Waals surface area contributed by atoms with E-state index in [0.717, 1.165) is 23.0 Å². The molecule has 4 N–H and O–H groups in total. The maximum Gasteiger partial charge on any atom is 0.326 e. The summed E-state index contributed by atoms with van der Waals surface area (Å²) in [5.41, 5.74) is 1.68. The standard InChI is InChI=1S/C20H18BrN7O3/c1-31-17-12(21)3-2-4-13(17)24-15-8-16(23-11-5-6-11)28-18(26-15)10(9-22-28)7-14-19(29)27-20(30)25-14/h2-4,7-9,11,24,29H,5-6H2,1H3,(H2,25,27,30)/b10-7-,23-16?. The minimum atomic E-state index is -0.498. The van der Waals surface area contributed by atoms with Gasteiger partial charge < -0.3 is 20.1 Å². The van der Waals surface area contributed by atoms with E-state index in [2.05, 4.69) is 36.3 Å². The Kier molecular flexibility index (Phi) is 4.74. The van der Waals surface area contributed by atoms with Gasteiger partial charge in [-0.1, -0.05) is 6.07 Å². The molecule has 4 aromatic rings. The van der Waals surface area contributed by atoms with Crippen LogP contribution in [0.4, 0.5) is 11.5 Å². The summed E-state index contributed by atoms with van der Waals surface area (Å²) in [6, 6.07) is 7.78. The van der Waals surface area contributed by atoms with E-state index in [1.54, 1.807) is 23.9 Å². The summed E-state index contributed by atoms with van der Waals surface area (Å²) in [4.78, 5) is 25.7. The summed E-state index contributed by atoms with van der Waals surface area (Å²) < 4.78 is 7.96. The Morgan fingerprint density at radius 3 is 2.94 bits per heavy atom. The Hall–Kier alpha value is -3.60. The summed E-state index contributed by atoms with van der Waals surface area (Å²) in [5.74, 6) is 0.964. The fourth-order valence-corrected chi connectivity index (χ4v) is 3.74. The van der Waals surface area contributed by atoms with Gasteiger partial charge in [-0.25, -0.2) is 9.78 Å². The average Bonchev–Trinajstić information content (AvgIpc) is 3.37. The number of rotatable bonds is 5. The van der Waals surface area contributed by atoms with Crippen LogP contribution in [0.15, 0.2) is 44.7 Å². The minimum Gasteiger partial charge on any atom is -0.493 e. The lowest BCUT2D eigenvalue weighted by atomic mass is 10.3. The molecule has 1 fully saturated rings. The van der Waals surface area contributed by atoms with Crippen molar-refractivity contribution in [1.29, 1.82) is 0 Å². The Morgan fingerprint density at radius 2 is 2.23 bits per heavy atom. The Morgan fingerprint density at radius 1 is 1.39 bits per heavy atom. The van der Waals surface area contributed by atoms with Crippen LogP contribution in [0, 0.1) is 0 Å². The summed E-state index contributed by atoms with van der Waals surface area (Å²) in [5, 5.41) is 18.2. The summed E-state index contributed by atoms with van der Waals surface area (Å²) in [6.45, 7) is 0. The Balaban J connectivity index is 1.69. The number of nitrogens with zero attached hydrogens (tertiary/aromatic N) is 4. The number of anilines is 2. The van der Waals surface area contributed by atoms with Gasteiger partial charge in [-0.3, -0.25) is 9.98 Å². The molecule has 11 heteroatoms. The van der Waals surface area contributed by atoms with Crippen molar-refractivity contribution in [3.8, 4) is 11.6 Å². The van der Waals surface area contributed by atoms with Gasteiger partial charge in [-0.2, -0.15) is 9.61 Å². The minimum absolute atomic E-state index is 0.245. The summed E-state index contributed by atoms with van der Waals surface area (Å²) in [6.07, 6.45) is 5.31. The molecule has 0 unspecified atom stereocenters. The zero-order chi connectivity index (χ0) is 21.5. The number of benzene rings is 1. The normalized spacial score (nSPS) is 15.0. The van der Waals surface area contributed by atoms with Crippen LogP contribution in [-0.2, 0) is 0 Å². The Bertz CT molecular complexity index is 1470. The average molecular weight is 484 g/mol. The van der Waals surface area contributed by atoms with Crippen LogP contribution in [0.3, 0.4) is 0 Å². The van der Waals surface area contributed by atoms with Crippen molar-refractivity contribution in [2.24, 2.45) is 4.99 Å². The molecule has 1 aliphatic rings. The lowest BCUT2D eigenvalue weighted by Gasteiger charge is -2.12. The first kappa shape index (κ1) is 19.4. The lowest BCUT2D eigenvalue weighted by molar-refractivity contribution is 0.414. The maximum atomic E-state index is 11.5. The summed E-state index contributed by atoms with van der Waals surface area (Å²) >= 11 is 3.49. The molecule has 1 aromatic carbocycles. The number of hydrogen-bond donors (Lipinski definition) is 4. The van der Waals surface area contributed by atoms with Crippen molar-refractivity contribution in [2.75, 3.05) is 12.4 Å². The molecule has 3 heterocycles. The van der Waals surface area contributed by atoms with Gasteiger partial charge in [0, 0.05) is 11.3 Å². The third-order valence-electron chi connectivity index (χ3n) is 4.81. The molecule has 0 amide bonds. The highest BCUT2D eigenvalue weighted by Crippen LogP contribution is 2.34. The molecule has 0 saturated heterocycles. The van der Waals surface area contributed by atoms with E-state index >= 15 is 0 Å². The SMILES string of the molecule is COc1c(Br)cccc1Nc1cc(=NC2CC2)n2nc/c(=C/c3[nH]c(=O)[nH]c3O)c2n1. The van der Waals surface area contributed by atoms with E-state index in [1.165, 1.54) is 0 Å². The number of halogens is 1. The van der Waals surface area contributed by atoms with E-state index in [0.29, 0.717) is 27.9 Å². The van der Waals surface area contributed by atoms with Crippen molar-refractivity contribution in [3.63, 3.8) is 0 Å². The molecule has 3 aromatic heterocycles. The van der Waals surface area contributed by atoms with Gasteiger partial charge in [0.05, 0.1) is 29.5 Å². The van der Waals surface area contributed by atoms with E-state index in [9.17, 15) is 9.90 Å². The van der Waals surface area contributed by atoms with Crippen molar-refractivity contribution in [2.45, 2.75) is 18.9 Å². The van der Waals surface area contributed by atoms with Crippen molar-refractivity contribution >= 4 is 39.2 Å². The number of nitrogens with one attached hydrogen (secondary N) is 3. The van der Waals surface area contributed by atoms with E-state index in [4.69, 9.17) is 14.7 Å². The molecular formula is C20H18BrN7O3. The van der Waals surface area contributed by atoms with E-state index < -0.39 is 5.69 Å². The number of methoxy groups -OCH3 is 1. The van der Waals surface area contributed by atoms with Crippen LogP contribution in [0.5, 0.6) is 11.6 Å². The lowest BCUT2D eigenvalue weighted by Crippen LogP contribution is -2.20. The van der Waals surface area contributed by atoms with Crippen molar-refractivity contribution < 1.29 is 9.84 Å². The first-order valence-corrected chi connectivity index (χ1v) is 10.4. The van der Waals surface area contributed by atoms with Gasteiger partial charge in [-0.15, -0.1) is 0 Å². The number of aromatic amines is 2. The fourth-order valence-electron chi connectivity index (χ4n) is 3.21. The summed E-state index contributed by atoms with van der Waals surface area (Å²) in [7, 11) is 1.60. The van der Waals surface area contributed by atoms with Crippen molar-refractivity contribution in [3.05, 3.63) is 61.8 Å². The molecule has 1 saturated carbocycles. The number of ether oxygens (including phenoxy) is 1. The number of para-hydroxylation sites is 1. The van der Waals surface area contributed by atoms with Gasteiger partial charge in [-0.05, 0) is 47.0 Å². The number of fused-ring (bicyclic) bond motifs is 1. The number of imidazole rings is 1. The molecule has 0 spiro atoms. The molecule has 0 atom stereocenters. The molecule has 0 bridgehead atoms. The highest BCUT2D eigenvalue weighted by Gasteiger charge is 2.20. The molecule has 158 valence electrons. The van der Waals surface area contributed by atoms with Crippen LogP contribution in [0.25, 0.3) is 11.7 Å². The van der Waals surface area contributed by atoms with Crippen molar-refractivity contribution in [1.82, 2.24) is 24.6 Å². The quantitative estimate of drug-likeness (QED) is 0.340. The number of H-pyrrole nitrogens is 2. The first-order chi connectivity index (χ1) is 15.0. The molecule has 10 nitrogen and oxygen atoms in total. The van der Waals surface area contributed by atoms with Gasteiger partial charge >= 0.3 is 5.69 Å². The zero-order valence-electron chi connectivity index (χ0n) is 16.4. The second-order valence-corrected chi connectivity index (χ2v) is 7.98. The third kappa shape index (κ3) is 3.79. The third-order valence-corrected chi connectivity index (χ3v) is 5.44. The fraction of sp³-hybridized carbons (Fsp3) is 0.200. The van der Waals surface area contributed by atoms with E-state index in [-0.39, 0.29) is 17.6 Å². The molecule has 0 aliphatic heterocycles. The highest BCUT2D eigenvalue weighted by atomic mass is 79.9. The molecule has 31 heavy (non-hydrogen) atoms. The largest absolute Gasteiger partial charge is 0.493 e. The van der Waals surface area contributed by atoms with E-state index in [1.807, 2.05) is 24.3 Å². The monoisotopic (exact) mass is 483 g/mol. The predicted molar refractivity (Wildman–Crippen MR) is 117 cm³/mol. The van der Waals surface area contributed by atoms with Crippen LogP contribution in [-0.4, -0.2) is 42.8 Å². The predicted octanol–water partition coefficient (Wildman–Crippen LogP) is 1.58.